The monoisotopic (exact) mass is 563 g/mol. The second kappa shape index (κ2) is 15.3. The third-order valence-corrected chi connectivity index (χ3v) is 8.68. The number of nitrogens with one attached hydrogen (secondary N) is 2. The van der Waals surface area contributed by atoms with Gasteiger partial charge < -0.3 is 20.5 Å². The minimum atomic E-state index is -3.62. The lowest BCUT2D eigenvalue weighted by Gasteiger charge is -2.26. The minimum Gasteiger partial charge on any atom is -0.493 e. The summed E-state index contributed by atoms with van der Waals surface area (Å²) < 4.78 is 47.5. The van der Waals surface area contributed by atoms with Gasteiger partial charge in [0.05, 0.1) is 24.5 Å². The van der Waals surface area contributed by atoms with Gasteiger partial charge in [0.15, 0.2) is 0 Å². The molecule has 10 heteroatoms. The summed E-state index contributed by atoms with van der Waals surface area (Å²) in [6.07, 6.45) is 1.73. The highest BCUT2D eigenvalue weighted by molar-refractivity contribution is 7.89. The van der Waals surface area contributed by atoms with Gasteiger partial charge in [-0.05, 0) is 60.9 Å². The molecule has 0 radical (unpaired) electrons. The first-order valence-corrected chi connectivity index (χ1v) is 15.5. The van der Waals surface area contributed by atoms with Crippen LogP contribution in [0.4, 0.5) is 4.39 Å². The normalized spacial score (nSPS) is 20.1. The molecule has 1 amide bonds. The molecule has 2 atom stereocenters. The second-order valence-electron chi connectivity index (χ2n) is 10.1. The molecule has 1 aliphatic rings. The van der Waals surface area contributed by atoms with Gasteiger partial charge in [0, 0.05) is 38.7 Å². The molecule has 0 saturated heterocycles. The highest BCUT2D eigenvalue weighted by atomic mass is 32.2. The number of fused-ring (bicyclic) bond motifs is 2. The van der Waals surface area contributed by atoms with Crippen molar-refractivity contribution in [3.63, 3.8) is 0 Å². The summed E-state index contributed by atoms with van der Waals surface area (Å²) in [5.74, 6) is -0.885. The summed E-state index contributed by atoms with van der Waals surface area (Å²) in [7, 11) is -3.62. The summed E-state index contributed by atoms with van der Waals surface area (Å²) >= 11 is 0. The molecule has 2 aromatic rings. The van der Waals surface area contributed by atoms with Gasteiger partial charge >= 0.3 is 0 Å². The number of carbonyl (C=O) groups is 1. The maximum atomic E-state index is 14.4. The number of ether oxygens (including phenoxy) is 1. The molecule has 2 aromatic carbocycles. The molecule has 3 N–H and O–H groups in total. The molecule has 0 aromatic heterocycles. The van der Waals surface area contributed by atoms with Crippen LogP contribution in [0.1, 0.15) is 56.2 Å². The number of aryl methyl sites for hydroxylation is 1. The molecule has 1 heterocycles. The number of sulfonamides is 1. The van der Waals surface area contributed by atoms with Gasteiger partial charge in [0.1, 0.15) is 11.6 Å². The summed E-state index contributed by atoms with van der Waals surface area (Å²) in [5, 5.41) is 17.1. The number of rotatable bonds is 8. The van der Waals surface area contributed by atoms with Crippen molar-refractivity contribution >= 4 is 15.9 Å². The van der Waals surface area contributed by atoms with E-state index in [-0.39, 0.29) is 25.1 Å². The van der Waals surface area contributed by atoms with Gasteiger partial charge in [0.2, 0.25) is 15.9 Å². The number of benzene rings is 2. The van der Waals surface area contributed by atoms with Crippen LogP contribution in [0.5, 0.6) is 5.75 Å². The molecule has 3 rings (SSSR count). The number of amides is 1. The van der Waals surface area contributed by atoms with Crippen molar-refractivity contribution in [3.8, 4) is 5.75 Å². The highest BCUT2D eigenvalue weighted by Crippen LogP contribution is 2.20. The largest absolute Gasteiger partial charge is 0.493 e. The molecule has 2 bridgehead atoms. The van der Waals surface area contributed by atoms with Crippen LogP contribution < -0.4 is 15.4 Å². The zero-order valence-corrected chi connectivity index (χ0v) is 23.8. The Bertz CT molecular complexity index is 1180. The Morgan fingerprint density at radius 3 is 2.74 bits per heavy atom. The standard InChI is InChI=1S/C29H42FN3O5S/c1-3-11-33-12-5-6-13-38-26-17-24(16-25(30)19-26)18-27(32-29(35)10-14-39(33,36)37)28(34)21-31-20-23-9-7-8-22(4-2)15-23/h7-9,15-17,19,27-28,31,34H,3-6,10-14,18,20-21H2,1-2H3,(H,32,35)/t27-,28+/m0/s1. The maximum absolute atomic E-state index is 14.4. The third kappa shape index (κ3) is 10.2. The van der Waals surface area contributed by atoms with Crippen LogP contribution in [-0.4, -0.2) is 67.9 Å². The van der Waals surface area contributed by atoms with E-state index in [2.05, 4.69) is 29.7 Å². The first-order chi connectivity index (χ1) is 18.7. The lowest BCUT2D eigenvalue weighted by atomic mass is 10.00. The van der Waals surface area contributed by atoms with Crippen LogP contribution in [0.15, 0.2) is 42.5 Å². The Morgan fingerprint density at radius 2 is 1.97 bits per heavy atom. The number of aliphatic hydroxyl groups excluding tert-OH is 1. The first kappa shape index (κ1) is 31.0. The molecule has 1 aliphatic heterocycles. The zero-order valence-electron chi connectivity index (χ0n) is 23.0. The molecule has 39 heavy (non-hydrogen) atoms. The molecule has 216 valence electrons. The topological polar surface area (TPSA) is 108 Å². The fourth-order valence-corrected chi connectivity index (χ4v) is 6.24. The number of hydrogen-bond donors (Lipinski definition) is 3. The van der Waals surface area contributed by atoms with E-state index in [1.807, 2.05) is 19.1 Å². The Balaban J connectivity index is 1.76. The van der Waals surface area contributed by atoms with Gasteiger partial charge in [0.25, 0.3) is 0 Å². The van der Waals surface area contributed by atoms with E-state index in [9.17, 15) is 22.7 Å². The van der Waals surface area contributed by atoms with E-state index in [1.165, 1.54) is 22.0 Å². The average Bonchev–Trinajstić information content (AvgIpc) is 2.90. The SMILES string of the molecule is CCCN1CCCCOc2cc(F)cc(c2)C[C@@H]([C@H](O)CNCc2cccc(CC)c2)NC(=O)CCS1(=O)=O. The number of carbonyl (C=O) groups excluding carboxylic acids is 1. The maximum Gasteiger partial charge on any atom is 0.221 e. The molecule has 0 unspecified atom stereocenters. The van der Waals surface area contributed by atoms with Gasteiger partial charge in [-0.1, -0.05) is 38.1 Å². The average molecular weight is 564 g/mol. The summed E-state index contributed by atoms with van der Waals surface area (Å²) in [5.41, 5.74) is 2.87. The van der Waals surface area contributed by atoms with Crippen molar-refractivity contribution in [1.29, 1.82) is 0 Å². The predicted molar refractivity (Wildman–Crippen MR) is 151 cm³/mol. The van der Waals surface area contributed by atoms with Gasteiger partial charge in [-0.25, -0.2) is 17.1 Å². The van der Waals surface area contributed by atoms with Crippen LogP contribution in [0.25, 0.3) is 0 Å². The molecular weight excluding hydrogens is 521 g/mol. The van der Waals surface area contributed by atoms with Crippen LogP contribution in [0.3, 0.4) is 0 Å². The smallest absolute Gasteiger partial charge is 0.221 e. The molecule has 0 saturated carbocycles. The zero-order chi connectivity index (χ0) is 28.3. The van der Waals surface area contributed by atoms with Crippen LogP contribution in [0.2, 0.25) is 0 Å². The lowest BCUT2D eigenvalue weighted by Crippen LogP contribution is -2.49. The molecule has 0 spiro atoms. The summed E-state index contributed by atoms with van der Waals surface area (Å²) in [6, 6.07) is 11.8. The minimum absolute atomic E-state index is 0.155. The van der Waals surface area contributed by atoms with Crippen molar-refractivity contribution < 1.29 is 27.4 Å². The van der Waals surface area contributed by atoms with Gasteiger partial charge in [-0.15, -0.1) is 0 Å². The van der Waals surface area contributed by atoms with E-state index in [1.54, 1.807) is 6.07 Å². The Kier molecular flexibility index (Phi) is 12.2. The fourth-order valence-electron chi connectivity index (χ4n) is 4.67. The van der Waals surface area contributed by atoms with Crippen molar-refractivity contribution in [3.05, 3.63) is 65.0 Å². The van der Waals surface area contributed by atoms with Crippen molar-refractivity contribution in [2.24, 2.45) is 0 Å². The first-order valence-electron chi connectivity index (χ1n) is 13.9. The van der Waals surface area contributed by atoms with Crippen molar-refractivity contribution in [2.45, 2.75) is 71.1 Å². The number of nitrogens with zero attached hydrogens (tertiary/aromatic N) is 1. The van der Waals surface area contributed by atoms with Crippen molar-refractivity contribution in [2.75, 3.05) is 32.0 Å². The van der Waals surface area contributed by atoms with Crippen LogP contribution in [-0.2, 0) is 34.2 Å². The Hall–Kier alpha value is -2.53. The third-order valence-electron chi connectivity index (χ3n) is 6.80. The highest BCUT2D eigenvalue weighted by Gasteiger charge is 2.26. The van der Waals surface area contributed by atoms with E-state index in [0.29, 0.717) is 56.8 Å². The fraction of sp³-hybridized carbons (Fsp3) is 0.552. The quantitative estimate of drug-likeness (QED) is 0.456. The van der Waals surface area contributed by atoms with Crippen molar-refractivity contribution in [1.82, 2.24) is 14.9 Å². The lowest BCUT2D eigenvalue weighted by molar-refractivity contribution is -0.122. The number of halogens is 1. The van der Waals surface area contributed by atoms with E-state index < -0.39 is 33.9 Å². The summed E-state index contributed by atoms with van der Waals surface area (Å²) in [6.45, 7) is 5.76. The van der Waals surface area contributed by atoms with Crippen LogP contribution in [0, 0.1) is 5.82 Å². The molecular formula is C29H42FN3O5S. The Morgan fingerprint density at radius 1 is 1.18 bits per heavy atom. The van der Waals surface area contributed by atoms with Gasteiger partial charge in [-0.2, -0.15) is 0 Å². The summed E-state index contributed by atoms with van der Waals surface area (Å²) in [4.78, 5) is 12.9. The molecule has 8 nitrogen and oxygen atoms in total. The second-order valence-corrected chi connectivity index (χ2v) is 12.2. The number of aliphatic hydroxyl groups is 1. The van der Waals surface area contributed by atoms with Gasteiger partial charge in [-0.3, -0.25) is 4.79 Å². The Labute approximate surface area is 232 Å². The molecule has 0 aliphatic carbocycles. The van der Waals surface area contributed by atoms with Crippen LogP contribution >= 0.6 is 0 Å². The predicted octanol–water partition coefficient (Wildman–Crippen LogP) is 3.17. The molecule has 0 fully saturated rings. The number of hydrogen-bond acceptors (Lipinski definition) is 6. The van der Waals surface area contributed by atoms with E-state index in [4.69, 9.17) is 4.74 Å². The van der Waals surface area contributed by atoms with E-state index >= 15 is 0 Å². The van der Waals surface area contributed by atoms with E-state index in [0.717, 1.165) is 12.0 Å².